The molecule has 0 saturated carbocycles. The fourth-order valence-corrected chi connectivity index (χ4v) is 6.58. The highest BCUT2D eigenvalue weighted by molar-refractivity contribution is 8.23. The maximum atomic E-state index is 12.8. The average Bonchev–Trinajstić information content (AvgIpc) is 2.61. The van der Waals surface area contributed by atoms with Crippen molar-refractivity contribution in [2.75, 3.05) is 12.9 Å². The number of nitrogens with zero attached hydrogens (tertiary/aromatic N) is 1. The summed E-state index contributed by atoms with van der Waals surface area (Å²) in [5.74, 6) is 0.0413. The van der Waals surface area contributed by atoms with E-state index in [0.29, 0.717) is 15.7 Å². The van der Waals surface area contributed by atoms with Crippen LogP contribution in [-0.4, -0.2) is 53.3 Å². The van der Waals surface area contributed by atoms with Crippen LogP contribution in [0.25, 0.3) is 0 Å². The summed E-state index contributed by atoms with van der Waals surface area (Å²) in [6, 6.07) is 8.35. The predicted molar refractivity (Wildman–Crippen MR) is 118 cm³/mol. The molecule has 1 aromatic carbocycles. The van der Waals surface area contributed by atoms with Gasteiger partial charge in [0.15, 0.2) is 9.84 Å². The number of β-lactam (4-membered cyclic amide) rings is 1. The summed E-state index contributed by atoms with van der Waals surface area (Å²) < 4.78 is 30.9. The first kappa shape index (κ1) is 23.2. The molecule has 0 aliphatic carbocycles. The minimum atomic E-state index is -3.38. The number of hydrogen-bond donors (Lipinski definition) is 0. The van der Waals surface area contributed by atoms with E-state index in [1.807, 2.05) is 39.5 Å². The lowest BCUT2D eigenvalue weighted by molar-refractivity contribution is -0.160. The van der Waals surface area contributed by atoms with E-state index in [-0.39, 0.29) is 28.5 Å². The molecule has 1 aliphatic rings. The van der Waals surface area contributed by atoms with Crippen LogP contribution in [0.15, 0.2) is 35.2 Å². The van der Waals surface area contributed by atoms with E-state index >= 15 is 0 Å². The highest BCUT2D eigenvalue weighted by Crippen LogP contribution is 2.47. The molecule has 1 saturated heterocycles. The van der Waals surface area contributed by atoms with Gasteiger partial charge in [0.25, 0.3) is 0 Å². The first-order valence-electron chi connectivity index (χ1n) is 9.17. The standard InChI is InChI=1S/C20H29NO4S3/c1-19(2,3)21-16(15(17(21)22)27-18(26)25-6)20(4,5)12-13-28(23,24)14-10-8-7-9-11-14/h7-11,15-16H,12-13H2,1-6H3. The van der Waals surface area contributed by atoms with Crippen molar-refractivity contribution < 1.29 is 17.9 Å². The van der Waals surface area contributed by atoms with Gasteiger partial charge in [-0.25, -0.2) is 8.42 Å². The summed E-state index contributed by atoms with van der Waals surface area (Å²) in [4.78, 5) is 15.0. The molecule has 0 N–H and O–H groups in total. The SMILES string of the molecule is COC(=S)SC1C(=O)N(C(C)(C)C)C1C(C)(C)CCS(=O)(=O)c1ccccc1. The van der Waals surface area contributed by atoms with Crippen LogP contribution >= 0.6 is 24.0 Å². The summed E-state index contributed by atoms with van der Waals surface area (Å²) >= 11 is 6.40. The van der Waals surface area contributed by atoms with Crippen molar-refractivity contribution in [2.24, 2.45) is 5.41 Å². The van der Waals surface area contributed by atoms with Gasteiger partial charge in [0, 0.05) is 5.54 Å². The number of benzene rings is 1. The number of hydrogen-bond acceptors (Lipinski definition) is 6. The number of carbonyl (C=O) groups excluding carboxylic acids is 1. The molecule has 1 heterocycles. The molecule has 1 fully saturated rings. The number of rotatable bonds is 6. The van der Waals surface area contributed by atoms with E-state index in [4.69, 9.17) is 17.0 Å². The van der Waals surface area contributed by atoms with Crippen LogP contribution in [0.4, 0.5) is 0 Å². The topological polar surface area (TPSA) is 63.7 Å². The zero-order valence-corrected chi connectivity index (χ0v) is 19.7. The third kappa shape index (κ3) is 4.89. The number of likely N-dealkylation sites (tertiary alicyclic amines) is 1. The van der Waals surface area contributed by atoms with Crippen molar-refractivity contribution in [1.29, 1.82) is 0 Å². The minimum Gasteiger partial charge on any atom is -0.482 e. The summed E-state index contributed by atoms with van der Waals surface area (Å²) in [6.45, 7) is 10.0. The van der Waals surface area contributed by atoms with Crippen LogP contribution in [0.3, 0.4) is 0 Å². The fraction of sp³-hybridized carbons (Fsp3) is 0.600. The summed E-state index contributed by atoms with van der Waals surface area (Å²) in [6.07, 6.45) is 0.436. The Hall–Kier alpha value is -1.12. The third-order valence-electron chi connectivity index (χ3n) is 5.08. The van der Waals surface area contributed by atoms with Crippen LogP contribution < -0.4 is 0 Å². The summed E-state index contributed by atoms with van der Waals surface area (Å²) in [5.41, 5.74) is -0.771. The number of methoxy groups -OCH3 is 1. The second-order valence-electron chi connectivity index (χ2n) is 8.69. The lowest BCUT2D eigenvalue weighted by Crippen LogP contribution is -2.73. The third-order valence-corrected chi connectivity index (χ3v) is 8.34. The second-order valence-corrected chi connectivity index (χ2v) is 12.5. The van der Waals surface area contributed by atoms with Crippen LogP contribution in [0.1, 0.15) is 41.0 Å². The highest BCUT2D eigenvalue weighted by atomic mass is 32.2. The largest absolute Gasteiger partial charge is 0.482 e. The number of amides is 1. The van der Waals surface area contributed by atoms with Crippen molar-refractivity contribution in [1.82, 2.24) is 4.90 Å². The molecule has 0 bridgehead atoms. The van der Waals surface area contributed by atoms with E-state index in [2.05, 4.69) is 0 Å². The van der Waals surface area contributed by atoms with Crippen LogP contribution in [-0.2, 0) is 19.4 Å². The van der Waals surface area contributed by atoms with Gasteiger partial charge in [-0.2, -0.15) is 0 Å². The number of thiocarbonyl (C=S) groups is 1. The molecule has 0 radical (unpaired) electrons. The van der Waals surface area contributed by atoms with E-state index in [9.17, 15) is 13.2 Å². The van der Waals surface area contributed by atoms with Crippen LogP contribution in [0.2, 0.25) is 0 Å². The molecule has 5 nitrogen and oxygen atoms in total. The Kier molecular flexibility index (Phi) is 6.88. The average molecular weight is 444 g/mol. The molecular weight excluding hydrogens is 414 g/mol. The number of sulfone groups is 1. The highest BCUT2D eigenvalue weighted by Gasteiger charge is 2.58. The quantitative estimate of drug-likeness (QED) is 0.490. The zero-order chi connectivity index (χ0) is 21.3. The van der Waals surface area contributed by atoms with E-state index in [1.54, 1.807) is 30.3 Å². The van der Waals surface area contributed by atoms with Gasteiger partial charge in [-0.3, -0.25) is 4.79 Å². The van der Waals surface area contributed by atoms with Crippen molar-refractivity contribution in [2.45, 2.75) is 62.8 Å². The molecule has 0 aromatic heterocycles. The Balaban J connectivity index is 2.24. The number of thioether (sulfide) groups is 1. The maximum Gasteiger partial charge on any atom is 0.239 e. The molecule has 2 unspecified atom stereocenters. The normalized spacial score (nSPS) is 20.6. The first-order valence-corrected chi connectivity index (χ1v) is 12.1. The van der Waals surface area contributed by atoms with E-state index in [1.165, 1.54) is 18.9 Å². The summed E-state index contributed by atoms with van der Waals surface area (Å²) in [7, 11) is -1.89. The minimum absolute atomic E-state index is 0.0147. The molecule has 156 valence electrons. The van der Waals surface area contributed by atoms with Crippen LogP contribution in [0, 0.1) is 5.41 Å². The Labute approximate surface area is 178 Å². The molecule has 28 heavy (non-hydrogen) atoms. The van der Waals surface area contributed by atoms with Crippen molar-refractivity contribution >= 4 is 44.1 Å². The Morgan fingerprint density at radius 1 is 1.18 bits per heavy atom. The molecule has 2 atom stereocenters. The van der Waals surface area contributed by atoms with E-state index in [0.717, 1.165) is 0 Å². The summed E-state index contributed by atoms with van der Waals surface area (Å²) in [5, 5.41) is -0.360. The Bertz CT molecular complexity index is 829. The van der Waals surface area contributed by atoms with Crippen molar-refractivity contribution in [3.8, 4) is 0 Å². The lowest BCUT2D eigenvalue weighted by Gasteiger charge is -2.59. The van der Waals surface area contributed by atoms with Crippen LogP contribution in [0.5, 0.6) is 0 Å². The van der Waals surface area contributed by atoms with Gasteiger partial charge < -0.3 is 9.64 Å². The van der Waals surface area contributed by atoms with Gasteiger partial charge in [0.1, 0.15) is 5.25 Å². The first-order chi connectivity index (χ1) is 12.8. The predicted octanol–water partition coefficient (Wildman–Crippen LogP) is 3.92. The van der Waals surface area contributed by atoms with Gasteiger partial charge in [-0.05, 0) is 57.0 Å². The molecule has 1 aromatic rings. The molecule has 2 rings (SSSR count). The Morgan fingerprint density at radius 3 is 2.25 bits per heavy atom. The van der Waals surface area contributed by atoms with Crippen molar-refractivity contribution in [3.05, 3.63) is 30.3 Å². The Morgan fingerprint density at radius 2 is 1.75 bits per heavy atom. The second kappa shape index (κ2) is 8.32. The molecule has 8 heteroatoms. The van der Waals surface area contributed by atoms with Gasteiger partial charge in [0.2, 0.25) is 10.3 Å². The fourth-order valence-electron chi connectivity index (χ4n) is 3.53. The van der Waals surface area contributed by atoms with Crippen molar-refractivity contribution in [3.63, 3.8) is 0 Å². The molecular formula is C20H29NO4S3. The maximum absolute atomic E-state index is 12.8. The van der Waals surface area contributed by atoms with E-state index < -0.39 is 15.3 Å². The number of carbonyl (C=O) groups is 1. The monoisotopic (exact) mass is 443 g/mol. The smallest absolute Gasteiger partial charge is 0.239 e. The molecule has 1 amide bonds. The lowest BCUT2D eigenvalue weighted by atomic mass is 9.72. The van der Waals surface area contributed by atoms with Gasteiger partial charge in [0.05, 0.1) is 23.8 Å². The van der Waals surface area contributed by atoms with Gasteiger partial charge >= 0.3 is 0 Å². The molecule has 0 spiro atoms. The van der Waals surface area contributed by atoms with Gasteiger partial charge in [-0.1, -0.05) is 43.8 Å². The number of ether oxygens (including phenoxy) is 1. The molecule has 1 aliphatic heterocycles. The van der Waals surface area contributed by atoms with Gasteiger partial charge in [-0.15, -0.1) is 0 Å². The zero-order valence-electron chi connectivity index (χ0n) is 17.3.